The van der Waals surface area contributed by atoms with Gasteiger partial charge in [-0.1, -0.05) is 0 Å². The van der Waals surface area contributed by atoms with Crippen molar-refractivity contribution in [1.82, 2.24) is 0 Å². The number of hydrogen-bond acceptors (Lipinski definition) is 6. The molecule has 7 nitrogen and oxygen atoms in total. The first-order chi connectivity index (χ1) is 13.4. The first-order valence-electron chi connectivity index (χ1n) is 8.52. The molecule has 0 bridgehead atoms. The van der Waals surface area contributed by atoms with E-state index in [4.69, 9.17) is 9.47 Å². The summed E-state index contributed by atoms with van der Waals surface area (Å²) in [4.78, 5) is 36.0. The van der Waals surface area contributed by atoms with Gasteiger partial charge < -0.3 is 20.1 Å². The first kappa shape index (κ1) is 21.3. The van der Waals surface area contributed by atoms with Crippen molar-refractivity contribution in [3.8, 4) is 5.75 Å². The zero-order valence-electron chi connectivity index (χ0n) is 15.9. The van der Waals surface area contributed by atoms with Crippen LogP contribution in [0.2, 0.25) is 0 Å². The zero-order chi connectivity index (χ0) is 20.5. The molecule has 0 aromatic heterocycles. The van der Waals surface area contributed by atoms with Crippen LogP contribution in [0.4, 0.5) is 11.4 Å². The summed E-state index contributed by atoms with van der Waals surface area (Å²) in [5, 5.41) is 5.30. The molecule has 2 rings (SSSR count). The van der Waals surface area contributed by atoms with Gasteiger partial charge in [-0.15, -0.1) is 11.8 Å². The zero-order valence-corrected chi connectivity index (χ0v) is 16.7. The Morgan fingerprint density at radius 3 is 2.07 bits per heavy atom. The number of carbonyl (C=O) groups is 3. The van der Waals surface area contributed by atoms with Crippen molar-refractivity contribution in [3.05, 3.63) is 48.5 Å². The van der Waals surface area contributed by atoms with E-state index in [-0.39, 0.29) is 11.7 Å². The molecule has 1 atom stereocenters. The van der Waals surface area contributed by atoms with E-state index in [0.29, 0.717) is 11.4 Å². The largest absolute Gasteiger partial charge is 0.497 e. The maximum Gasteiger partial charge on any atom is 0.317 e. The van der Waals surface area contributed by atoms with Gasteiger partial charge in [-0.05, 0) is 55.5 Å². The SMILES string of the molecule is COc1ccc(SCC(=O)O[C@@H](C)C(=O)Nc2ccc(NC(C)=O)cc2)cc1. The lowest BCUT2D eigenvalue weighted by Crippen LogP contribution is -2.30. The van der Waals surface area contributed by atoms with Gasteiger partial charge in [0.25, 0.3) is 5.91 Å². The number of carbonyl (C=O) groups excluding carboxylic acids is 3. The molecule has 2 aromatic rings. The molecule has 2 amide bonds. The molecule has 0 heterocycles. The van der Waals surface area contributed by atoms with Gasteiger partial charge in [0.1, 0.15) is 5.75 Å². The van der Waals surface area contributed by atoms with E-state index in [1.165, 1.54) is 25.6 Å². The van der Waals surface area contributed by atoms with E-state index >= 15 is 0 Å². The smallest absolute Gasteiger partial charge is 0.317 e. The Balaban J connectivity index is 1.78. The number of hydrogen-bond donors (Lipinski definition) is 2. The molecule has 2 aromatic carbocycles. The van der Waals surface area contributed by atoms with Crippen LogP contribution in [0.1, 0.15) is 13.8 Å². The van der Waals surface area contributed by atoms with E-state index in [1.54, 1.807) is 43.5 Å². The van der Waals surface area contributed by atoms with Crippen LogP contribution < -0.4 is 15.4 Å². The highest BCUT2D eigenvalue weighted by Crippen LogP contribution is 2.21. The molecule has 0 aliphatic rings. The van der Waals surface area contributed by atoms with Crippen LogP contribution in [0.25, 0.3) is 0 Å². The van der Waals surface area contributed by atoms with Crippen molar-refractivity contribution in [2.24, 2.45) is 0 Å². The first-order valence-corrected chi connectivity index (χ1v) is 9.51. The van der Waals surface area contributed by atoms with Crippen molar-refractivity contribution in [2.75, 3.05) is 23.5 Å². The lowest BCUT2D eigenvalue weighted by atomic mass is 10.2. The summed E-state index contributed by atoms with van der Waals surface area (Å²) in [6, 6.07) is 13.9. The summed E-state index contributed by atoms with van der Waals surface area (Å²) in [6.07, 6.45) is -0.931. The number of ether oxygens (including phenoxy) is 2. The summed E-state index contributed by atoms with van der Waals surface area (Å²) in [6.45, 7) is 2.93. The Bertz CT molecular complexity index is 821. The van der Waals surface area contributed by atoms with Crippen LogP contribution in [0.5, 0.6) is 5.75 Å². The molecule has 148 valence electrons. The summed E-state index contributed by atoms with van der Waals surface area (Å²) in [5.74, 6) is -0.262. The fraction of sp³-hybridized carbons (Fsp3) is 0.250. The van der Waals surface area contributed by atoms with Gasteiger partial charge in [0, 0.05) is 23.2 Å². The van der Waals surface area contributed by atoms with Crippen molar-refractivity contribution in [2.45, 2.75) is 24.8 Å². The molecule has 28 heavy (non-hydrogen) atoms. The molecule has 0 spiro atoms. The lowest BCUT2D eigenvalue weighted by molar-refractivity contribution is -0.150. The van der Waals surface area contributed by atoms with Gasteiger partial charge in [0.15, 0.2) is 6.10 Å². The van der Waals surface area contributed by atoms with Crippen molar-refractivity contribution in [3.63, 3.8) is 0 Å². The molecular weight excluding hydrogens is 380 g/mol. The molecule has 2 N–H and O–H groups in total. The van der Waals surface area contributed by atoms with Crippen LogP contribution in [0.3, 0.4) is 0 Å². The fourth-order valence-corrected chi connectivity index (χ4v) is 2.86. The van der Waals surface area contributed by atoms with Crippen molar-refractivity contribution in [1.29, 1.82) is 0 Å². The second-order valence-corrected chi connectivity index (χ2v) is 6.89. The number of esters is 1. The third-order valence-corrected chi connectivity index (χ3v) is 4.55. The Morgan fingerprint density at radius 2 is 1.54 bits per heavy atom. The second-order valence-electron chi connectivity index (χ2n) is 5.84. The normalized spacial score (nSPS) is 11.2. The van der Waals surface area contributed by atoms with E-state index in [2.05, 4.69) is 10.6 Å². The van der Waals surface area contributed by atoms with Gasteiger partial charge >= 0.3 is 5.97 Å². The van der Waals surface area contributed by atoms with Gasteiger partial charge in [-0.2, -0.15) is 0 Å². The summed E-state index contributed by atoms with van der Waals surface area (Å²) < 4.78 is 10.3. The molecular formula is C20H22N2O5S. The van der Waals surface area contributed by atoms with Crippen LogP contribution in [-0.4, -0.2) is 36.8 Å². The number of thioether (sulfide) groups is 1. The van der Waals surface area contributed by atoms with Gasteiger partial charge in [-0.3, -0.25) is 14.4 Å². The van der Waals surface area contributed by atoms with Crippen LogP contribution in [0.15, 0.2) is 53.4 Å². The third-order valence-electron chi connectivity index (χ3n) is 3.57. The molecule has 0 saturated heterocycles. The molecule has 0 saturated carbocycles. The highest BCUT2D eigenvalue weighted by Gasteiger charge is 2.18. The molecule has 0 fully saturated rings. The highest BCUT2D eigenvalue weighted by atomic mass is 32.2. The summed E-state index contributed by atoms with van der Waals surface area (Å²) >= 11 is 1.32. The number of anilines is 2. The number of benzene rings is 2. The Labute approximate surface area is 167 Å². The van der Waals surface area contributed by atoms with E-state index < -0.39 is 18.0 Å². The predicted molar refractivity (Wildman–Crippen MR) is 109 cm³/mol. The second kappa shape index (κ2) is 10.4. The van der Waals surface area contributed by atoms with E-state index in [1.807, 2.05) is 12.1 Å². The summed E-state index contributed by atoms with van der Waals surface area (Å²) in [7, 11) is 1.59. The lowest BCUT2D eigenvalue weighted by Gasteiger charge is -2.14. The average Bonchev–Trinajstić information content (AvgIpc) is 2.67. The number of amides is 2. The fourth-order valence-electron chi connectivity index (χ4n) is 2.18. The monoisotopic (exact) mass is 402 g/mol. The number of methoxy groups -OCH3 is 1. The predicted octanol–water partition coefficient (Wildman–Crippen LogP) is 3.32. The minimum Gasteiger partial charge on any atom is -0.497 e. The molecule has 8 heteroatoms. The molecule has 0 aliphatic heterocycles. The third kappa shape index (κ3) is 6.96. The van der Waals surface area contributed by atoms with Gasteiger partial charge in [0.2, 0.25) is 5.91 Å². The van der Waals surface area contributed by atoms with Gasteiger partial charge in [-0.25, -0.2) is 0 Å². The topological polar surface area (TPSA) is 93.7 Å². The summed E-state index contributed by atoms with van der Waals surface area (Å²) in [5.41, 5.74) is 1.16. The van der Waals surface area contributed by atoms with E-state index in [9.17, 15) is 14.4 Å². The van der Waals surface area contributed by atoms with Crippen molar-refractivity contribution >= 4 is 40.9 Å². The van der Waals surface area contributed by atoms with Crippen molar-refractivity contribution < 1.29 is 23.9 Å². The average molecular weight is 402 g/mol. The minimum absolute atomic E-state index is 0.0926. The van der Waals surface area contributed by atoms with Crippen LogP contribution in [0, 0.1) is 0 Å². The minimum atomic E-state index is -0.931. The Kier molecular flexibility index (Phi) is 7.88. The quantitative estimate of drug-likeness (QED) is 0.520. The maximum atomic E-state index is 12.2. The number of rotatable bonds is 8. The highest BCUT2D eigenvalue weighted by molar-refractivity contribution is 8.00. The van der Waals surface area contributed by atoms with Crippen LogP contribution >= 0.6 is 11.8 Å². The van der Waals surface area contributed by atoms with Gasteiger partial charge in [0.05, 0.1) is 12.9 Å². The maximum absolute atomic E-state index is 12.2. The Hall–Kier alpha value is -3.00. The van der Waals surface area contributed by atoms with E-state index in [0.717, 1.165) is 10.6 Å². The Morgan fingerprint density at radius 1 is 0.964 bits per heavy atom. The molecule has 0 unspecified atom stereocenters. The molecule has 0 aliphatic carbocycles. The van der Waals surface area contributed by atoms with Crippen LogP contribution in [-0.2, 0) is 19.1 Å². The number of nitrogens with one attached hydrogen (secondary N) is 2. The standard InChI is InChI=1S/C20H22N2O5S/c1-13(20(25)22-16-6-4-15(5-7-16)21-14(2)23)27-19(24)12-28-18-10-8-17(26-3)9-11-18/h4-11,13H,12H2,1-3H3,(H,21,23)(H,22,25)/t13-/m0/s1. The molecule has 0 radical (unpaired) electrons.